The Labute approximate surface area is 150 Å². The highest BCUT2D eigenvalue weighted by molar-refractivity contribution is 7.98. The van der Waals surface area contributed by atoms with E-state index in [1.165, 1.54) is 40.2 Å². The van der Waals surface area contributed by atoms with E-state index in [9.17, 15) is 0 Å². The van der Waals surface area contributed by atoms with Gasteiger partial charge in [-0.15, -0.1) is 26.6 Å². The Morgan fingerprint density at radius 2 is 2.30 bits per heavy atom. The molecule has 5 nitrogen and oxygen atoms in total. The van der Waals surface area contributed by atoms with E-state index in [-0.39, 0.29) is 0 Å². The van der Waals surface area contributed by atoms with Crippen LogP contribution in [0.2, 0.25) is 4.34 Å². The largest absolute Gasteiger partial charge is 0.410 e. The number of thioether (sulfide) groups is 1. The molecule has 0 saturated heterocycles. The van der Waals surface area contributed by atoms with E-state index in [0.29, 0.717) is 21.2 Å². The molecule has 1 atom stereocenters. The number of aromatic nitrogens is 4. The predicted octanol–water partition coefficient (Wildman–Crippen LogP) is 4.72. The van der Waals surface area contributed by atoms with Gasteiger partial charge in [-0.2, -0.15) is 0 Å². The van der Waals surface area contributed by atoms with Gasteiger partial charge >= 0.3 is 0 Å². The lowest BCUT2D eigenvalue weighted by molar-refractivity contribution is 0.466. The van der Waals surface area contributed by atoms with Gasteiger partial charge in [0.2, 0.25) is 0 Å². The van der Waals surface area contributed by atoms with Crippen LogP contribution in [0, 0.1) is 5.92 Å². The summed E-state index contributed by atoms with van der Waals surface area (Å²) in [6.07, 6.45) is 3.57. The van der Waals surface area contributed by atoms with Gasteiger partial charge < -0.3 is 4.42 Å². The van der Waals surface area contributed by atoms with Crippen LogP contribution >= 0.6 is 46.2 Å². The maximum atomic E-state index is 5.99. The molecule has 3 heterocycles. The second kappa shape index (κ2) is 6.51. The summed E-state index contributed by atoms with van der Waals surface area (Å²) >= 11 is 10.4. The molecule has 1 aliphatic rings. The van der Waals surface area contributed by atoms with Gasteiger partial charge in [-0.1, -0.05) is 34.8 Å². The molecule has 0 bridgehead atoms. The molecule has 0 spiro atoms. The summed E-state index contributed by atoms with van der Waals surface area (Å²) in [5.41, 5.74) is 2.19. The first kappa shape index (κ1) is 15.6. The summed E-state index contributed by atoms with van der Waals surface area (Å²) in [4.78, 5) is 2.53. The summed E-state index contributed by atoms with van der Waals surface area (Å²) in [6.45, 7) is 2.31. The van der Waals surface area contributed by atoms with E-state index >= 15 is 0 Å². The van der Waals surface area contributed by atoms with E-state index < -0.39 is 0 Å². The van der Waals surface area contributed by atoms with E-state index in [4.69, 9.17) is 16.0 Å². The van der Waals surface area contributed by atoms with Crippen molar-refractivity contribution in [2.24, 2.45) is 5.92 Å². The number of aryl methyl sites for hydroxylation is 1. The monoisotopic (exact) mass is 384 g/mol. The highest BCUT2D eigenvalue weighted by atomic mass is 35.5. The average molecular weight is 385 g/mol. The van der Waals surface area contributed by atoms with Crippen molar-refractivity contribution in [2.75, 3.05) is 0 Å². The standard InChI is InChI=1S/C14H13ClN4OS3/c1-7-2-3-10-8(4-7)5-11(22-10)13-17-18-14(20-13)21-6-9-12(15)23-19-16-9/h5,7H,2-4,6H2,1H3. The lowest BCUT2D eigenvalue weighted by Crippen LogP contribution is -2.07. The van der Waals surface area contributed by atoms with Crippen LogP contribution in [0.1, 0.15) is 29.5 Å². The molecule has 23 heavy (non-hydrogen) atoms. The number of fused-ring (bicyclic) bond motifs is 1. The molecule has 0 aliphatic heterocycles. The lowest BCUT2D eigenvalue weighted by atomic mass is 9.90. The average Bonchev–Trinajstić information content (AvgIpc) is 3.23. The molecular formula is C14H13ClN4OS3. The first-order chi connectivity index (χ1) is 11.2. The second-order valence-electron chi connectivity index (χ2n) is 5.56. The molecule has 0 fully saturated rings. The molecule has 0 amide bonds. The zero-order valence-corrected chi connectivity index (χ0v) is 15.5. The molecule has 3 aromatic rings. The van der Waals surface area contributed by atoms with Crippen molar-refractivity contribution < 1.29 is 4.42 Å². The molecule has 1 aliphatic carbocycles. The Balaban J connectivity index is 1.49. The minimum absolute atomic E-state index is 0.531. The maximum Gasteiger partial charge on any atom is 0.277 e. The van der Waals surface area contributed by atoms with Gasteiger partial charge in [0.25, 0.3) is 11.1 Å². The van der Waals surface area contributed by atoms with Crippen molar-refractivity contribution in [3.8, 4) is 10.8 Å². The first-order valence-electron chi connectivity index (χ1n) is 7.24. The SMILES string of the molecule is CC1CCc2sc(-c3nnc(SCc4nnsc4Cl)o3)cc2C1. The molecule has 9 heteroatoms. The van der Waals surface area contributed by atoms with Gasteiger partial charge in [-0.3, -0.25) is 0 Å². The third-order valence-corrected chi connectivity index (χ3v) is 6.83. The number of hydrogen-bond acceptors (Lipinski definition) is 8. The number of halogens is 1. The summed E-state index contributed by atoms with van der Waals surface area (Å²) in [5, 5.41) is 12.8. The lowest BCUT2D eigenvalue weighted by Gasteiger charge is -2.16. The highest BCUT2D eigenvalue weighted by Gasteiger charge is 2.21. The number of hydrogen-bond donors (Lipinski definition) is 0. The highest BCUT2D eigenvalue weighted by Crippen LogP contribution is 2.37. The summed E-state index contributed by atoms with van der Waals surface area (Å²) in [5.74, 6) is 1.94. The minimum Gasteiger partial charge on any atom is -0.410 e. The first-order valence-corrected chi connectivity index (χ1v) is 10.2. The molecule has 3 aromatic heterocycles. The van der Waals surface area contributed by atoms with Gasteiger partial charge in [0.15, 0.2) is 0 Å². The van der Waals surface area contributed by atoms with Gasteiger partial charge in [0.05, 0.1) is 4.88 Å². The van der Waals surface area contributed by atoms with Crippen molar-refractivity contribution in [3.05, 3.63) is 26.5 Å². The van der Waals surface area contributed by atoms with Crippen LogP contribution in [-0.4, -0.2) is 19.8 Å². The van der Waals surface area contributed by atoms with Crippen LogP contribution < -0.4 is 0 Å². The van der Waals surface area contributed by atoms with Crippen LogP contribution in [0.25, 0.3) is 10.8 Å². The van der Waals surface area contributed by atoms with Crippen molar-refractivity contribution >= 4 is 46.2 Å². The van der Waals surface area contributed by atoms with Crippen LogP contribution in [-0.2, 0) is 18.6 Å². The smallest absolute Gasteiger partial charge is 0.277 e. The van der Waals surface area contributed by atoms with E-state index in [2.05, 4.69) is 32.8 Å². The van der Waals surface area contributed by atoms with Crippen LogP contribution in [0.15, 0.2) is 15.7 Å². The zero-order chi connectivity index (χ0) is 15.8. The van der Waals surface area contributed by atoms with E-state index in [0.717, 1.165) is 29.3 Å². The summed E-state index contributed by atoms with van der Waals surface area (Å²) in [6, 6.07) is 2.21. The van der Waals surface area contributed by atoms with Crippen molar-refractivity contribution in [2.45, 2.75) is 37.2 Å². The quantitative estimate of drug-likeness (QED) is 0.606. The fraction of sp³-hybridized carbons (Fsp3) is 0.429. The fourth-order valence-corrected chi connectivity index (χ4v) is 5.22. The molecular weight excluding hydrogens is 372 g/mol. The maximum absolute atomic E-state index is 5.99. The van der Waals surface area contributed by atoms with E-state index in [1.807, 2.05) is 0 Å². The number of thiophene rings is 1. The fourth-order valence-electron chi connectivity index (χ4n) is 2.59. The number of nitrogens with zero attached hydrogens (tertiary/aromatic N) is 4. The molecule has 120 valence electrons. The second-order valence-corrected chi connectivity index (χ2v) is 8.98. The van der Waals surface area contributed by atoms with Crippen molar-refractivity contribution in [1.82, 2.24) is 19.8 Å². The Kier molecular flexibility index (Phi) is 4.40. The van der Waals surface area contributed by atoms with Gasteiger partial charge in [0, 0.05) is 22.2 Å². The molecule has 0 radical (unpaired) electrons. The molecule has 4 rings (SSSR count). The Bertz CT molecular complexity index is 828. The molecule has 0 saturated carbocycles. The minimum atomic E-state index is 0.531. The van der Waals surface area contributed by atoms with Crippen LogP contribution in [0.3, 0.4) is 0 Å². The molecule has 0 aromatic carbocycles. The topological polar surface area (TPSA) is 64.7 Å². The Morgan fingerprint density at radius 3 is 3.13 bits per heavy atom. The Morgan fingerprint density at radius 1 is 1.39 bits per heavy atom. The summed E-state index contributed by atoms with van der Waals surface area (Å²) < 4.78 is 10.2. The molecule has 0 N–H and O–H groups in total. The third kappa shape index (κ3) is 3.31. The van der Waals surface area contributed by atoms with Crippen molar-refractivity contribution in [3.63, 3.8) is 0 Å². The van der Waals surface area contributed by atoms with Crippen molar-refractivity contribution in [1.29, 1.82) is 0 Å². The summed E-state index contributed by atoms with van der Waals surface area (Å²) in [7, 11) is 0. The van der Waals surface area contributed by atoms with Gasteiger partial charge in [0.1, 0.15) is 10.0 Å². The third-order valence-electron chi connectivity index (χ3n) is 3.79. The van der Waals surface area contributed by atoms with Crippen LogP contribution in [0.5, 0.6) is 0 Å². The number of rotatable bonds is 4. The zero-order valence-electron chi connectivity index (χ0n) is 12.3. The predicted molar refractivity (Wildman–Crippen MR) is 93.3 cm³/mol. The van der Waals surface area contributed by atoms with E-state index in [1.54, 1.807) is 11.3 Å². The van der Waals surface area contributed by atoms with Gasteiger partial charge in [-0.05, 0) is 36.8 Å². The van der Waals surface area contributed by atoms with Crippen LogP contribution in [0.4, 0.5) is 0 Å². The van der Waals surface area contributed by atoms with Gasteiger partial charge in [-0.25, -0.2) is 0 Å². The normalized spacial score (nSPS) is 17.4. The Hall–Kier alpha value is -0.960. The molecule has 1 unspecified atom stereocenters.